The van der Waals surface area contributed by atoms with Crippen LogP contribution in [0.4, 0.5) is 0 Å². The Bertz CT molecular complexity index is 433. The SMILES string of the molecule is C[C@@]12CCC[C@H]1[C@@H]1CC[C@H]3NC(=O)CC[C@]3(C)[C@H]1CC2. The van der Waals surface area contributed by atoms with Crippen LogP contribution in [0.25, 0.3) is 0 Å². The molecule has 3 aliphatic carbocycles. The smallest absolute Gasteiger partial charge is 0.220 e. The highest BCUT2D eigenvalue weighted by atomic mass is 16.1. The summed E-state index contributed by atoms with van der Waals surface area (Å²) in [6.45, 7) is 5.06. The van der Waals surface area contributed by atoms with Crippen LogP contribution in [-0.4, -0.2) is 11.9 Å². The van der Waals surface area contributed by atoms with Crippen molar-refractivity contribution in [2.24, 2.45) is 28.6 Å². The summed E-state index contributed by atoms with van der Waals surface area (Å²) in [4.78, 5) is 11.7. The normalized spacial score (nSPS) is 54.6. The predicted molar refractivity (Wildman–Crippen MR) is 80.2 cm³/mol. The van der Waals surface area contributed by atoms with E-state index in [1.165, 1.54) is 44.9 Å². The van der Waals surface area contributed by atoms with Crippen LogP contribution in [0.3, 0.4) is 0 Å². The molecule has 112 valence electrons. The first-order valence-electron chi connectivity index (χ1n) is 8.82. The molecule has 1 aliphatic heterocycles. The van der Waals surface area contributed by atoms with E-state index in [0.717, 1.165) is 30.6 Å². The van der Waals surface area contributed by atoms with E-state index in [9.17, 15) is 4.79 Å². The molecule has 20 heavy (non-hydrogen) atoms. The second kappa shape index (κ2) is 4.24. The Morgan fingerprint density at radius 2 is 1.85 bits per heavy atom. The highest BCUT2D eigenvalue weighted by Gasteiger charge is 2.57. The average Bonchev–Trinajstić information content (AvgIpc) is 2.81. The fourth-order valence-corrected chi connectivity index (χ4v) is 6.70. The van der Waals surface area contributed by atoms with Crippen molar-refractivity contribution in [2.75, 3.05) is 0 Å². The van der Waals surface area contributed by atoms with E-state index < -0.39 is 0 Å². The fraction of sp³-hybridized carbons (Fsp3) is 0.944. The van der Waals surface area contributed by atoms with Crippen molar-refractivity contribution in [2.45, 2.75) is 77.7 Å². The van der Waals surface area contributed by atoms with E-state index in [4.69, 9.17) is 0 Å². The minimum Gasteiger partial charge on any atom is -0.353 e. The zero-order valence-corrected chi connectivity index (χ0v) is 13.1. The lowest BCUT2D eigenvalue weighted by molar-refractivity contribution is -0.135. The Morgan fingerprint density at radius 1 is 1.00 bits per heavy atom. The van der Waals surface area contributed by atoms with Crippen molar-refractivity contribution in [3.8, 4) is 0 Å². The Balaban J connectivity index is 1.64. The molecule has 3 saturated carbocycles. The van der Waals surface area contributed by atoms with Crippen LogP contribution in [0.5, 0.6) is 0 Å². The summed E-state index contributed by atoms with van der Waals surface area (Å²) in [5.74, 6) is 3.11. The molecular formula is C18H29NO. The lowest BCUT2D eigenvalue weighted by Crippen LogP contribution is -2.60. The van der Waals surface area contributed by atoms with Crippen molar-refractivity contribution in [3.63, 3.8) is 0 Å². The summed E-state index contributed by atoms with van der Waals surface area (Å²) in [6.07, 6.45) is 11.8. The third-order valence-corrected chi connectivity index (χ3v) is 7.88. The van der Waals surface area contributed by atoms with Gasteiger partial charge in [-0.3, -0.25) is 4.79 Å². The van der Waals surface area contributed by atoms with Gasteiger partial charge in [-0.1, -0.05) is 20.3 Å². The minimum atomic E-state index is 0.299. The van der Waals surface area contributed by atoms with E-state index in [1.807, 2.05) is 0 Å². The molecule has 0 aromatic rings. The molecule has 1 heterocycles. The van der Waals surface area contributed by atoms with Gasteiger partial charge in [0.1, 0.15) is 0 Å². The predicted octanol–water partition coefficient (Wildman–Crippen LogP) is 3.90. The Kier molecular flexibility index (Phi) is 2.79. The molecule has 6 atom stereocenters. The molecule has 4 aliphatic rings. The van der Waals surface area contributed by atoms with Crippen LogP contribution in [0, 0.1) is 28.6 Å². The second-order valence-electron chi connectivity index (χ2n) is 8.67. The van der Waals surface area contributed by atoms with E-state index in [1.54, 1.807) is 0 Å². The van der Waals surface area contributed by atoms with E-state index in [0.29, 0.717) is 22.8 Å². The molecule has 1 amide bonds. The molecule has 4 fully saturated rings. The number of amides is 1. The molecule has 1 saturated heterocycles. The maximum Gasteiger partial charge on any atom is 0.220 e. The number of piperidine rings is 1. The summed E-state index contributed by atoms with van der Waals surface area (Å²) >= 11 is 0. The van der Waals surface area contributed by atoms with Crippen LogP contribution < -0.4 is 5.32 Å². The van der Waals surface area contributed by atoms with Crippen LogP contribution in [-0.2, 0) is 4.79 Å². The molecule has 0 aromatic carbocycles. The van der Waals surface area contributed by atoms with Gasteiger partial charge in [0.05, 0.1) is 0 Å². The van der Waals surface area contributed by atoms with E-state index in [2.05, 4.69) is 19.2 Å². The van der Waals surface area contributed by atoms with Gasteiger partial charge < -0.3 is 5.32 Å². The van der Waals surface area contributed by atoms with Crippen LogP contribution in [0.15, 0.2) is 0 Å². The lowest BCUT2D eigenvalue weighted by Gasteiger charge is -2.59. The highest BCUT2D eigenvalue weighted by Crippen LogP contribution is 2.63. The molecule has 0 aromatic heterocycles. The number of hydrogen-bond acceptors (Lipinski definition) is 1. The lowest BCUT2D eigenvalue weighted by atomic mass is 9.48. The number of hydrogen-bond donors (Lipinski definition) is 1. The summed E-state index contributed by atoms with van der Waals surface area (Å²) in [7, 11) is 0. The van der Waals surface area contributed by atoms with Crippen molar-refractivity contribution in [3.05, 3.63) is 0 Å². The molecule has 4 rings (SSSR count). The van der Waals surface area contributed by atoms with Gasteiger partial charge in [-0.05, 0) is 73.5 Å². The second-order valence-corrected chi connectivity index (χ2v) is 8.67. The van der Waals surface area contributed by atoms with E-state index in [-0.39, 0.29) is 0 Å². The summed E-state index contributed by atoms with van der Waals surface area (Å²) in [5, 5.41) is 3.32. The van der Waals surface area contributed by atoms with Gasteiger partial charge in [0.2, 0.25) is 5.91 Å². The molecule has 0 spiro atoms. The largest absolute Gasteiger partial charge is 0.353 e. The van der Waals surface area contributed by atoms with Gasteiger partial charge in [-0.25, -0.2) is 0 Å². The molecule has 2 nitrogen and oxygen atoms in total. The van der Waals surface area contributed by atoms with E-state index >= 15 is 0 Å². The Labute approximate surface area is 123 Å². The quantitative estimate of drug-likeness (QED) is 0.714. The van der Waals surface area contributed by atoms with Crippen LogP contribution in [0.1, 0.15) is 71.6 Å². The van der Waals surface area contributed by atoms with Gasteiger partial charge in [-0.2, -0.15) is 0 Å². The molecular weight excluding hydrogens is 246 g/mol. The van der Waals surface area contributed by atoms with Crippen molar-refractivity contribution in [1.29, 1.82) is 0 Å². The molecule has 2 heteroatoms. The number of carbonyl (C=O) groups excluding carboxylic acids is 1. The Morgan fingerprint density at radius 3 is 2.70 bits per heavy atom. The summed E-state index contributed by atoms with van der Waals surface area (Å²) < 4.78 is 0. The molecule has 0 unspecified atom stereocenters. The summed E-state index contributed by atoms with van der Waals surface area (Å²) in [5.41, 5.74) is 1.04. The van der Waals surface area contributed by atoms with Gasteiger partial charge in [0, 0.05) is 12.5 Å². The summed E-state index contributed by atoms with van der Waals surface area (Å²) in [6, 6.07) is 0.468. The van der Waals surface area contributed by atoms with Gasteiger partial charge in [0.25, 0.3) is 0 Å². The molecule has 0 radical (unpaired) electrons. The first kappa shape index (κ1) is 13.2. The monoisotopic (exact) mass is 275 g/mol. The first-order valence-corrected chi connectivity index (χ1v) is 8.82. The number of rotatable bonds is 0. The topological polar surface area (TPSA) is 29.1 Å². The maximum absolute atomic E-state index is 11.7. The molecule has 0 bridgehead atoms. The standard InChI is InChI=1S/C18H29NO/c1-17-9-3-4-13(17)12-5-6-15-18(2,14(12)7-10-17)11-8-16(20)19-15/h12-15H,3-11H2,1-2H3,(H,19,20)/t12-,13-,14-,15+,17-,18+/m0/s1. The molecule has 1 N–H and O–H groups in total. The third kappa shape index (κ3) is 1.66. The third-order valence-electron chi connectivity index (χ3n) is 7.88. The van der Waals surface area contributed by atoms with Crippen LogP contribution in [0.2, 0.25) is 0 Å². The van der Waals surface area contributed by atoms with Gasteiger partial charge in [0.15, 0.2) is 0 Å². The van der Waals surface area contributed by atoms with Crippen LogP contribution >= 0.6 is 0 Å². The number of fused-ring (bicyclic) bond motifs is 5. The first-order chi connectivity index (χ1) is 9.53. The Hall–Kier alpha value is -0.530. The minimum absolute atomic E-state index is 0.299. The van der Waals surface area contributed by atoms with Crippen molar-refractivity contribution in [1.82, 2.24) is 5.32 Å². The zero-order valence-electron chi connectivity index (χ0n) is 13.1. The van der Waals surface area contributed by atoms with Crippen molar-refractivity contribution < 1.29 is 4.79 Å². The number of carbonyl (C=O) groups is 1. The maximum atomic E-state index is 11.7. The zero-order chi connectivity index (χ0) is 14.0. The average molecular weight is 275 g/mol. The fourth-order valence-electron chi connectivity index (χ4n) is 6.70. The van der Waals surface area contributed by atoms with Gasteiger partial charge >= 0.3 is 0 Å². The van der Waals surface area contributed by atoms with Gasteiger partial charge in [-0.15, -0.1) is 0 Å². The highest BCUT2D eigenvalue weighted by molar-refractivity contribution is 5.77. The number of nitrogens with one attached hydrogen (secondary N) is 1. The van der Waals surface area contributed by atoms with Crippen molar-refractivity contribution >= 4 is 5.91 Å².